The van der Waals surface area contributed by atoms with Crippen LogP contribution in [0.15, 0.2) is 28.8 Å². The third kappa shape index (κ3) is 3.53. The summed E-state index contributed by atoms with van der Waals surface area (Å²) in [5.41, 5.74) is 3.71. The molecule has 1 atom stereocenters. The topological polar surface area (TPSA) is 102 Å². The zero-order valence-corrected chi connectivity index (χ0v) is 15.9. The summed E-state index contributed by atoms with van der Waals surface area (Å²) in [6.45, 7) is 1.83. The fourth-order valence-corrected chi connectivity index (χ4v) is 3.47. The highest BCUT2D eigenvalue weighted by Gasteiger charge is 2.37. The van der Waals surface area contributed by atoms with E-state index in [1.165, 1.54) is 12.8 Å². The first-order valence-electron chi connectivity index (χ1n) is 9.33. The number of aromatic nitrogens is 2. The van der Waals surface area contributed by atoms with Gasteiger partial charge in [0.1, 0.15) is 6.42 Å². The summed E-state index contributed by atoms with van der Waals surface area (Å²) < 4.78 is 16.7. The molecule has 28 heavy (non-hydrogen) atoms. The highest BCUT2D eigenvalue weighted by molar-refractivity contribution is 5.68. The van der Waals surface area contributed by atoms with E-state index in [2.05, 4.69) is 15.6 Å². The van der Waals surface area contributed by atoms with Crippen LogP contribution in [0.25, 0.3) is 5.70 Å². The summed E-state index contributed by atoms with van der Waals surface area (Å²) in [4.78, 5) is 9.97. The predicted molar refractivity (Wildman–Crippen MR) is 99.0 cm³/mol. The summed E-state index contributed by atoms with van der Waals surface area (Å²) in [6.07, 6.45) is 6.71. The third-order valence-electron chi connectivity index (χ3n) is 5.01. The Labute approximate surface area is 163 Å². The number of ether oxygens (including phenoxy) is 2. The van der Waals surface area contributed by atoms with Crippen LogP contribution in [0.3, 0.4) is 0 Å². The van der Waals surface area contributed by atoms with Gasteiger partial charge >= 0.3 is 0 Å². The molecule has 2 aromatic rings. The van der Waals surface area contributed by atoms with Gasteiger partial charge in [-0.25, -0.2) is 0 Å². The van der Waals surface area contributed by atoms with Gasteiger partial charge < -0.3 is 14.0 Å². The van der Waals surface area contributed by atoms with Crippen molar-refractivity contribution < 1.29 is 18.8 Å². The van der Waals surface area contributed by atoms with Crippen molar-refractivity contribution in [1.82, 2.24) is 15.6 Å². The van der Waals surface area contributed by atoms with Crippen molar-refractivity contribution in [3.63, 3.8) is 0 Å². The van der Waals surface area contributed by atoms with Gasteiger partial charge in [0.25, 0.3) is 0 Å². The fraction of sp³-hybridized carbons (Fsp3) is 0.450. The standard InChI is InChI=1S/C20H22N4O4/c1-20(19-22-18(9-10-21)27-24-19)12-15(23-28-20)13-7-8-16(25-2)17(11-13)26-14-5-3-4-6-14/h7-8,11-12,14,23H,3-6,9H2,1-2H3. The van der Waals surface area contributed by atoms with Gasteiger partial charge in [-0.2, -0.15) is 10.2 Å². The van der Waals surface area contributed by atoms with Crippen molar-refractivity contribution in [2.75, 3.05) is 7.11 Å². The molecule has 0 radical (unpaired) electrons. The van der Waals surface area contributed by atoms with E-state index in [0.717, 1.165) is 29.9 Å². The molecule has 1 aromatic heterocycles. The van der Waals surface area contributed by atoms with Gasteiger partial charge in [-0.3, -0.25) is 10.3 Å². The molecular weight excluding hydrogens is 360 g/mol. The lowest BCUT2D eigenvalue weighted by Crippen LogP contribution is -2.24. The number of hydrogen-bond donors (Lipinski definition) is 1. The highest BCUT2D eigenvalue weighted by Crippen LogP contribution is 2.37. The van der Waals surface area contributed by atoms with E-state index >= 15 is 0 Å². The van der Waals surface area contributed by atoms with Gasteiger partial charge in [0, 0.05) is 5.56 Å². The number of benzene rings is 1. The SMILES string of the molecule is COc1ccc(C2=CC(C)(c3noc(CC#N)n3)ON2)cc1OC1CCCC1. The van der Waals surface area contributed by atoms with E-state index in [1.54, 1.807) is 7.11 Å². The van der Waals surface area contributed by atoms with Gasteiger partial charge in [0.05, 0.1) is 25.0 Å². The molecule has 0 saturated heterocycles. The number of methoxy groups -OCH3 is 1. The molecule has 8 heteroatoms. The predicted octanol–water partition coefficient (Wildman–Crippen LogP) is 3.26. The quantitative estimate of drug-likeness (QED) is 0.812. The summed E-state index contributed by atoms with van der Waals surface area (Å²) in [7, 11) is 1.64. The van der Waals surface area contributed by atoms with E-state index in [4.69, 9.17) is 24.1 Å². The average Bonchev–Trinajstić information content (AvgIpc) is 3.44. The van der Waals surface area contributed by atoms with Crippen LogP contribution in [0.1, 0.15) is 49.9 Å². The van der Waals surface area contributed by atoms with Crippen molar-refractivity contribution in [3.05, 3.63) is 41.6 Å². The van der Waals surface area contributed by atoms with Crippen LogP contribution < -0.4 is 15.0 Å². The minimum absolute atomic E-state index is 0.0629. The lowest BCUT2D eigenvalue weighted by Gasteiger charge is -2.17. The van der Waals surface area contributed by atoms with Crippen LogP contribution in [-0.2, 0) is 16.9 Å². The lowest BCUT2D eigenvalue weighted by atomic mass is 10.0. The van der Waals surface area contributed by atoms with Crippen molar-refractivity contribution in [1.29, 1.82) is 5.26 Å². The van der Waals surface area contributed by atoms with Gasteiger partial charge in [0.15, 0.2) is 17.1 Å². The normalized spacial score (nSPS) is 21.8. The molecule has 1 saturated carbocycles. The average molecular weight is 382 g/mol. The number of hydroxylamine groups is 1. The van der Waals surface area contributed by atoms with E-state index in [9.17, 15) is 0 Å². The zero-order valence-electron chi connectivity index (χ0n) is 15.9. The molecule has 8 nitrogen and oxygen atoms in total. The highest BCUT2D eigenvalue weighted by atomic mass is 16.7. The second-order valence-electron chi connectivity index (χ2n) is 7.11. The van der Waals surface area contributed by atoms with Gasteiger partial charge in [0.2, 0.25) is 11.7 Å². The van der Waals surface area contributed by atoms with E-state index in [1.807, 2.05) is 37.3 Å². The molecule has 1 unspecified atom stereocenters. The third-order valence-corrected chi connectivity index (χ3v) is 5.01. The molecule has 1 fully saturated rings. The summed E-state index contributed by atoms with van der Waals surface area (Å²) in [5, 5.41) is 12.7. The number of nitriles is 1. The maximum absolute atomic E-state index is 8.76. The molecular formula is C20H22N4O4. The smallest absolute Gasteiger partial charge is 0.240 e. The van der Waals surface area contributed by atoms with E-state index < -0.39 is 5.60 Å². The van der Waals surface area contributed by atoms with Crippen molar-refractivity contribution in [2.24, 2.45) is 0 Å². The second-order valence-corrected chi connectivity index (χ2v) is 7.11. The number of nitrogens with one attached hydrogen (secondary N) is 1. The molecule has 1 aliphatic carbocycles. The largest absolute Gasteiger partial charge is 0.493 e. The van der Waals surface area contributed by atoms with E-state index in [-0.39, 0.29) is 18.4 Å². The van der Waals surface area contributed by atoms with Gasteiger partial charge in [-0.1, -0.05) is 5.16 Å². The molecule has 2 aliphatic rings. The number of rotatable bonds is 6. The Bertz CT molecular complexity index is 927. The van der Waals surface area contributed by atoms with Crippen molar-refractivity contribution >= 4 is 5.70 Å². The molecule has 0 bridgehead atoms. The van der Waals surface area contributed by atoms with Crippen LogP contribution in [0.2, 0.25) is 0 Å². The minimum Gasteiger partial charge on any atom is -0.493 e. The lowest BCUT2D eigenvalue weighted by molar-refractivity contribution is -0.0319. The van der Waals surface area contributed by atoms with Crippen LogP contribution in [-0.4, -0.2) is 23.4 Å². The Morgan fingerprint density at radius 1 is 1.32 bits per heavy atom. The fourth-order valence-electron chi connectivity index (χ4n) is 3.47. The van der Waals surface area contributed by atoms with Crippen LogP contribution >= 0.6 is 0 Å². The molecule has 4 rings (SSSR count). The number of nitrogens with zero attached hydrogens (tertiary/aromatic N) is 3. The van der Waals surface area contributed by atoms with Crippen LogP contribution in [0, 0.1) is 11.3 Å². The maximum Gasteiger partial charge on any atom is 0.240 e. The van der Waals surface area contributed by atoms with Gasteiger partial charge in [-0.15, -0.1) is 0 Å². The van der Waals surface area contributed by atoms with Gasteiger partial charge in [-0.05, 0) is 56.9 Å². The molecule has 146 valence electrons. The van der Waals surface area contributed by atoms with Crippen molar-refractivity contribution in [2.45, 2.75) is 50.7 Å². The molecule has 1 aromatic carbocycles. The molecule has 0 spiro atoms. The maximum atomic E-state index is 8.76. The molecule has 1 N–H and O–H groups in total. The summed E-state index contributed by atoms with van der Waals surface area (Å²) in [5.74, 6) is 2.05. The Hall–Kier alpha value is -3.05. The van der Waals surface area contributed by atoms with Crippen molar-refractivity contribution in [3.8, 4) is 17.6 Å². The summed E-state index contributed by atoms with van der Waals surface area (Å²) in [6, 6.07) is 7.76. The van der Waals surface area contributed by atoms with Crippen LogP contribution in [0.4, 0.5) is 0 Å². The Morgan fingerprint density at radius 2 is 2.14 bits per heavy atom. The molecule has 2 heterocycles. The summed E-state index contributed by atoms with van der Waals surface area (Å²) >= 11 is 0. The Kier molecular flexibility index (Phi) is 4.92. The van der Waals surface area contributed by atoms with E-state index in [0.29, 0.717) is 11.6 Å². The first-order chi connectivity index (χ1) is 13.6. The first-order valence-corrected chi connectivity index (χ1v) is 9.33. The second kappa shape index (κ2) is 7.52. The Balaban J connectivity index is 1.59. The minimum atomic E-state index is -0.904. The van der Waals surface area contributed by atoms with Crippen LogP contribution in [0.5, 0.6) is 11.5 Å². The molecule has 1 aliphatic heterocycles. The first kappa shape index (κ1) is 18.3. The molecule has 0 amide bonds. The monoisotopic (exact) mass is 382 g/mol. The number of hydrogen-bond acceptors (Lipinski definition) is 8. The zero-order chi connectivity index (χ0) is 19.6. The Morgan fingerprint density at radius 3 is 2.89 bits per heavy atom.